The van der Waals surface area contributed by atoms with Crippen molar-refractivity contribution >= 4 is 0 Å². The van der Waals surface area contributed by atoms with Gasteiger partial charge in [-0.15, -0.1) is 0 Å². The highest BCUT2D eigenvalue weighted by Crippen LogP contribution is 2.22. The molecule has 0 spiro atoms. The maximum Gasteiger partial charge on any atom is 0.186 e. The van der Waals surface area contributed by atoms with Crippen molar-refractivity contribution in [1.82, 2.24) is 0 Å². The number of aliphatic hydroxyl groups excluding tert-OH is 4. The summed E-state index contributed by atoms with van der Waals surface area (Å²) in [6.07, 6.45) is 17.9. The quantitative estimate of drug-likeness (QED) is 0.183. The highest BCUT2D eigenvalue weighted by atomic mass is 16.7. The Labute approximate surface area is 196 Å². The molecule has 6 nitrogen and oxygen atoms in total. The van der Waals surface area contributed by atoms with E-state index < -0.39 is 37.3 Å². The van der Waals surface area contributed by atoms with Gasteiger partial charge in [0.05, 0.1) is 6.61 Å². The molecule has 0 aliphatic carbocycles. The predicted molar refractivity (Wildman–Crippen MR) is 128 cm³/mol. The Hall–Kier alpha value is -0.240. The lowest BCUT2D eigenvalue weighted by Gasteiger charge is -2.39. The first-order chi connectivity index (χ1) is 15.6. The maximum absolute atomic E-state index is 9.93. The van der Waals surface area contributed by atoms with Crippen LogP contribution in [0.2, 0.25) is 0 Å². The van der Waals surface area contributed by atoms with Crippen molar-refractivity contribution in [2.24, 2.45) is 0 Å². The number of aliphatic hydroxyl groups is 4. The molecule has 1 fully saturated rings. The molecule has 6 heteroatoms. The van der Waals surface area contributed by atoms with E-state index in [9.17, 15) is 20.4 Å². The Morgan fingerprint density at radius 2 is 0.969 bits per heavy atom. The van der Waals surface area contributed by atoms with Crippen LogP contribution in [0.1, 0.15) is 122 Å². The van der Waals surface area contributed by atoms with Crippen molar-refractivity contribution in [3.63, 3.8) is 0 Å². The van der Waals surface area contributed by atoms with Crippen LogP contribution in [0.15, 0.2) is 0 Å². The fourth-order valence-electron chi connectivity index (χ4n) is 4.41. The first kappa shape index (κ1) is 29.8. The van der Waals surface area contributed by atoms with E-state index in [1.165, 1.54) is 103 Å². The Morgan fingerprint density at radius 1 is 0.562 bits per heavy atom. The van der Waals surface area contributed by atoms with Crippen molar-refractivity contribution in [2.75, 3.05) is 13.2 Å². The van der Waals surface area contributed by atoms with Gasteiger partial charge in [0.25, 0.3) is 0 Å². The molecule has 1 aliphatic heterocycles. The van der Waals surface area contributed by atoms with Gasteiger partial charge in [0.1, 0.15) is 24.4 Å². The van der Waals surface area contributed by atoms with Gasteiger partial charge in [-0.05, 0) is 6.42 Å². The third kappa shape index (κ3) is 13.5. The average molecular weight is 461 g/mol. The summed E-state index contributed by atoms with van der Waals surface area (Å²) < 4.78 is 10.9. The molecule has 5 atom stereocenters. The van der Waals surface area contributed by atoms with Gasteiger partial charge >= 0.3 is 0 Å². The highest BCUT2D eigenvalue weighted by Gasteiger charge is 2.43. The largest absolute Gasteiger partial charge is 0.394 e. The Bertz CT molecular complexity index is 406. The summed E-state index contributed by atoms with van der Waals surface area (Å²) >= 11 is 0. The molecule has 1 aliphatic rings. The van der Waals surface area contributed by atoms with Gasteiger partial charge in [-0.25, -0.2) is 0 Å². The van der Waals surface area contributed by atoms with Crippen LogP contribution in [0.5, 0.6) is 0 Å². The summed E-state index contributed by atoms with van der Waals surface area (Å²) in [5.74, 6) is 0. The average Bonchev–Trinajstić information content (AvgIpc) is 2.80. The second kappa shape index (κ2) is 20.2. The number of rotatable bonds is 21. The standard InChI is InChI=1S/C26H52O6/c1-2-3-4-5-6-7-8-9-10-11-12-13-14-15-16-17-18-19-20-31-26-25(30)24(29)23(28)22(21-27)32-26/h22-30H,2-21H2,1H3/t22-,23-,24+,25-,26+/m1/s1. The molecular formula is C26H52O6. The van der Waals surface area contributed by atoms with E-state index in [1.807, 2.05) is 0 Å². The molecule has 1 saturated heterocycles. The van der Waals surface area contributed by atoms with Gasteiger partial charge in [-0.3, -0.25) is 0 Å². The molecule has 0 radical (unpaired) electrons. The van der Waals surface area contributed by atoms with Crippen LogP contribution in [0, 0.1) is 0 Å². The van der Waals surface area contributed by atoms with Gasteiger partial charge < -0.3 is 29.9 Å². The second-order valence-electron chi connectivity index (χ2n) is 9.58. The molecular weight excluding hydrogens is 408 g/mol. The lowest BCUT2D eigenvalue weighted by atomic mass is 9.99. The van der Waals surface area contributed by atoms with Crippen LogP contribution < -0.4 is 0 Å². The molecule has 0 aromatic rings. The van der Waals surface area contributed by atoms with E-state index in [0.29, 0.717) is 6.61 Å². The summed E-state index contributed by atoms with van der Waals surface area (Å²) in [6.45, 7) is 2.28. The molecule has 32 heavy (non-hydrogen) atoms. The van der Waals surface area contributed by atoms with E-state index >= 15 is 0 Å². The zero-order chi connectivity index (χ0) is 23.4. The molecule has 0 amide bonds. The maximum atomic E-state index is 9.93. The van der Waals surface area contributed by atoms with Crippen LogP contribution >= 0.6 is 0 Å². The third-order valence-corrected chi connectivity index (χ3v) is 6.63. The van der Waals surface area contributed by atoms with Gasteiger partial charge in [0.15, 0.2) is 6.29 Å². The molecule has 0 saturated carbocycles. The van der Waals surface area contributed by atoms with Crippen molar-refractivity contribution in [3.05, 3.63) is 0 Å². The summed E-state index contributed by atoms with van der Waals surface area (Å²) in [5, 5.41) is 38.6. The van der Waals surface area contributed by atoms with Gasteiger partial charge in [-0.1, -0.05) is 116 Å². The molecule has 1 heterocycles. The number of hydrogen-bond donors (Lipinski definition) is 4. The van der Waals surface area contributed by atoms with E-state index in [0.717, 1.165) is 12.8 Å². The fraction of sp³-hybridized carbons (Fsp3) is 1.00. The third-order valence-electron chi connectivity index (χ3n) is 6.63. The summed E-state index contributed by atoms with van der Waals surface area (Å²) in [4.78, 5) is 0. The van der Waals surface area contributed by atoms with Gasteiger partial charge in [-0.2, -0.15) is 0 Å². The first-order valence-corrected chi connectivity index (χ1v) is 13.5. The lowest BCUT2D eigenvalue weighted by molar-refractivity contribution is -0.301. The minimum absolute atomic E-state index is 0.427. The minimum atomic E-state index is -1.37. The highest BCUT2D eigenvalue weighted by molar-refractivity contribution is 4.88. The van der Waals surface area contributed by atoms with Crippen molar-refractivity contribution < 1.29 is 29.9 Å². The van der Waals surface area contributed by atoms with Crippen LogP contribution in [-0.4, -0.2) is 64.3 Å². The normalized spacial score (nSPS) is 26.0. The van der Waals surface area contributed by atoms with Crippen molar-refractivity contribution in [2.45, 2.75) is 153 Å². The molecule has 4 N–H and O–H groups in total. The minimum Gasteiger partial charge on any atom is -0.394 e. The monoisotopic (exact) mass is 460 g/mol. The summed E-state index contributed by atoms with van der Waals surface area (Å²) in [7, 11) is 0. The summed E-state index contributed by atoms with van der Waals surface area (Å²) in [5.41, 5.74) is 0. The zero-order valence-electron chi connectivity index (χ0n) is 20.6. The van der Waals surface area contributed by atoms with E-state index in [2.05, 4.69) is 6.92 Å². The molecule has 0 unspecified atom stereocenters. The topological polar surface area (TPSA) is 99.4 Å². The summed E-state index contributed by atoms with van der Waals surface area (Å²) in [6, 6.07) is 0. The number of ether oxygens (including phenoxy) is 2. The SMILES string of the molecule is CCCCCCCCCCCCCCCCCCCCO[C@H]1O[C@H](CO)[C@@H](O)[C@H](O)[C@H]1O. The predicted octanol–water partition coefficient (Wildman–Crippen LogP) is 4.84. The number of hydrogen-bond acceptors (Lipinski definition) is 6. The van der Waals surface area contributed by atoms with Gasteiger partial charge in [0.2, 0.25) is 0 Å². The Kier molecular flexibility index (Phi) is 18.8. The first-order valence-electron chi connectivity index (χ1n) is 13.5. The smallest absolute Gasteiger partial charge is 0.186 e. The van der Waals surface area contributed by atoms with Crippen LogP contribution in [0.4, 0.5) is 0 Å². The van der Waals surface area contributed by atoms with Crippen molar-refractivity contribution in [3.8, 4) is 0 Å². The molecule has 192 valence electrons. The number of unbranched alkanes of at least 4 members (excludes halogenated alkanes) is 17. The van der Waals surface area contributed by atoms with Gasteiger partial charge in [0, 0.05) is 6.61 Å². The van der Waals surface area contributed by atoms with E-state index in [1.54, 1.807) is 0 Å². The Morgan fingerprint density at radius 3 is 1.38 bits per heavy atom. The molecule has 0 aromatic carbocycles. The second-order valence-corrected chi connectivity index (χ2v) is 9.58. The molecule has 1 rings (SSSR count). The lowest BCUT2D eigenvalue weighted by Crippen LogP contribution is -2.59. The van der Waals surface area contributed by atoms with E-state index in [4.69, 9.17) is 9.47 Å². The van der Waals surface area contributed by atoms with E-state index in [-0.39, 0.29) is 0 Å². The van der Waals surface area contributed by atoms with Crippen LogP contribution in [-0.2, 0) is 9.47 Å². The molecule has 0 aromatic heterocycles. The fourth-order valence-corrected chi connectivity index (χ4v) is 4.41. The Balaban J connectivity index is 1.82. The molecule has 0 bridgehead atoms. The zero-order valence-corrected chi connectivity index (χ0v) is 20.6. The van der Waals surface area contributed by atoms with Crippen LogP contribution in [0.3, 0.4) is 0 Å². The van der Waals surface area contributed by atoms with Crippen LogP contribution in [0.25, 0.3) is 0 Å². The van der Waals surface area contributed by atoms with Crippen molar-refractivity contribution in [1.29, 1.82) is 0 Å².